The summed E-state index contributed by atoms with van der Waals surface area (Å²) in [5, 5.41) is 27.9. The molecule has 2 amide bonds. The van der Waals surface area contributed by atoms with Crippen LogP contribution < -0.4 is 21.4 Å². The molecule has 62 heavy (non-hydrogen) atoms. The SMILES string of the molecule is C[C@@](CCn1ncc2cc(-c3ccc(OC(F)(F)F)cc3)ccc21)(C(=O)NO)S(C)(=O)=O.C[C@@](CCn1ncc2cc(C#Cc3ccc(N)cc3)ccc21)(C(=O)NO)S(C)(=O)=O. The maximum absolute atomic E-state index is 12.3. The third-order valence-electron chi connectivity index (χ3n) is 10.4. The summed E-state index contributed by atoms with van der Waals surface area (Å²) in [6, 6.07) is 23.6. The standard InChI is InChI=1S/C21H22N4O4S.C20H20F3N3O5S/c1-21(20(26)24-27,30(2,28)29)11-12-25-19-10-7-16(13-17(19)14-23-25)4-3-15-5-8-18(22)9-6-15;1-19(18(27)25-28,32(2,29)30)9-10-26-17-8-5-14(11-15(17)12-24-26)13-3-6-16(7-4-13)31-20(21,22)23/h5-10,13-14,27H,11-12,22H2,1-2H3,(H,24,26);3-8,11-12,28H,9-10H2,1-2H3,(H,25,27)/t21-;19-/m11/s1. The molecule has 0 spiro atoms. The third kappa shape index (κ3) is 10.7. The van der Waals surface area contributed by atoms with Crippen LogP contribution in [0.2, 0.25) is 0 Å². The van der Waals surface area contributed by atoms with Crippen LogP contribution in [0, 0.1) is 11.8 Å². The second-order valence-electron chi connectivity index (χ2n) is 14.6. The summed E-state index contributed by atoms with van der Waals surface area (Å²) >= 11 is 0. The predicted molar refractivity (Wildman–Crippen MR) is 224 cm³/mol. The molecule has 6 rings (SSSR count). The van der Waals surface area contributed by atoms with Crippen molar-refractivity contribution in [3.8, 4) is 28.7 Å². The van der Waals surface area contributed by atoms with Gasteiger partial charge in [0.15, 0.2) is 29.2 Å². The van der Waals surface area contributed by atoms with Crippen molar-refractivity contribution in [3.05, 3.63) is 108 Å². The van der Waals surface area contributed by atoms with Crippen LogP contribution in [0.1, 0.15) is 37.8 Å². The van der Waals surface area contributed by atoms with Gasteiger partial charge in [-0.05, 0) is 105 Å². The van der Waals surface area contributed by atoms with Gasteiger partial charge in [-0.15, -0.1) is 13.2 Å². The highest BCUT2D eigenvalue weighted by molar-refractivity contribution is 7.93. The van der Waals surface area contributed by atoms with Gasteiger partial charge in [0.1, 0.15) is 5.75 Å². The molecule has 4 aromatic carbocycles. The fraction of sp³-hybridized carbons (Fsp3) is 0.268. The van der Waals surface area contributed by atoms with Crippen LogP contribution >= 0.6 is 0 Å². The quantitative estimate of drug-likeness (QED) is 0.0472. The molecule has 0 fully saturated rings. The van der Waals surface area contributed by atoms with Crippen molar-refractivity contribution in [3.63, 3.8) is 0 Å². The highest BCUT2D eigenvalue weighted by Crippen LogP contribution is 2.30. The van der Waals surface area contributed by atoms with Crippen LogP contribution in [0.15, 0.2) is 97.3 Å². The average molecular weight is 898 g/mol. The number of rotatable bonds is 12. The van der Waals surface area contributed by atoms with Crippen molar-refractivity contribution >= 4 is 59.0 Å². The van der Waals surface area contributed by atoms with Crippen molar-refractivity contribution in [1.29, 1.82) is 0 Å². The lowest BCUT2D eigenvalue weighted by molar-refractivity contribution is -0.274. The van der Waals surface area contributed by atoms with Crippen molar-refractivity contribution in [2.24, 2.45) is 0 Å². The van der Waals surface area contributed by atoms with Crippen molar-refractivity contribution in [1.82, 2.24) is 30.5 Å². The lowest BCUT2D eigenvalue weighted by atomic mass is 10.0. The Balaban J connectivity index is 0.000000235. The highest BCUT2D eigenvalue weighted by atomic mass is 32.2. The van der Waals surface area contributed by atoms with Crippen molar-refractivity contribution in [2.75, 3.05) is 18.2 Å². The van der Waals surface area contributed by atoms with Gasteiger partial charge in [-0.25, -0.2) is 27.8 Å². The summed E-state index contributed by atoms with van der Waals surface area (Å²) in [6.07, 6.45) is 0.166. The molecule has 0 aliphatic rings. The van der Waals surface area contributed by atoms with E-state index in [1.165, 1.54) is 53.8 Å². The second kappa shape index (κ2) is 18.3. The molecule has 2 atom stereocenters. The number of amides is 2. The summed E-state index contributed by atoms with van der Waals surface area (Å²) in [4.78, 5) is 23.9. The highest BCUT2D eigenvalue weighted by Gasteiger charge is 2.44. The molecule has 21 heteroatoms. The van der Waals surface area contributed by atoms with Crippen LogP contribution in [0.4, 0.5) is 18.9 Å². The minimum atomic E-state index is -4.76. The van der Waals surface area contributed by atoms with Crippen LogP contribution in [-0.4, -0.2) is 87.0 Å². The molecule has 2 aromatic heterocycles. The van der Waals surface area contributed by atoms with Gasteiger partial charge >= 0.3 is 6.36 Å². The van der Waals surface area contributed by atoms with Crippen LogP contribution in [-0.2, 0) is 42.4 Å². The Morgan fingerprint density at radius 3 is 1.60 bits per heavy atom. The molecule has 6 N–H and O–H groups in total. The number of alkyl halides is 3. The van der Waals surface area contributed by atoms with E-state index in [4.69, 9.17) is 16.1 Å². The molecule has 2 heterocycles. The summed E-state index contributed by atoms with van der Waals surface area (Å²) in [6.45, 7) is 2.77. The number of nitrogen functional groups attached to an aromatic ring is 1. The first-order valence-corrected chi connectivity index (χ1v) is 22.2. The van der Waals surface area contributed by atoms with Crippen LogP contribution in [0.3, 0.4) is 0 Å². The number of hydrogen-bond donors (Lipinski definition) is 5. The molecule has 0 bridgehead atoms. The maximum atomic E-state index is 12.3. The number of fused-ring (bicyclic) bond motifs is 2. The van der Waals surface area contributed by atoms with Gasteiger partial charge in [0.2, 0.25) is 0 Å². The zero-order valence-corrected chi connectivity index (χ0v) is 35.3. The van der Waals surface area contributed by atoms with Crippen molar-refractivity contribution in [2.45, 2.75) is 55.6 Å². The first kappa shape index (κ1) is 46.6. The summed E-state index contributed by atoms with van der Waals surface area (Å²) in [7, 11) is -7.60. The molecular formula is C41H42F3N7O9S2. The Hall–Kier alpha value is -6.47. The molecule has 16 nitrogen and oxygen atoms in total. The number of hydroxylamine groups is 2. The fourth-order valence-corrected chi connectivity index (χ4v) is 7.85. The van der Waals surface area contributed by atoms with Crippen LogP contribution in [0.25, 0.3) is 32.9 Å². The van der Waals surface area contributed by atoms with E-state index in [-0.39, 0.29) is 31.7 Å². The molecule has 0 saturated heterocycles. The molecule has 0 unspecified atom stereocenters. The Bertz CT molecular complexity index is 2890. The Morgan fingerprint density at radius 2 is 1.13 bits per heavy atom. The van der Waals surface area contributed by atoms with E-state index in [9.17, 15) is 39.6 Å². The lowest BCUT2D eigenvalue weighted by Crippen LogP contribution is -2.49. The Morgan fingerprint density at radius 1 is 0.694 bits per heavy atom. The average Bonchev–Trinajstić information content (AvgIpc) is 3.83. The number of halogens is 3. The number of aryl methyl sites for hydroxylation is 2. The van der Waals surface area contributed by atoms with Crippen molar-refractivity contribution < 1.29 is 54.7 Å². The Kier molecular flexibility index (Phi) is 13.7. The topological polar surface area (TPSA) is 238 Å². The maximum Gasteiger partial charge on any atom is 0.573 e. The number of carbonyl (C=O) groups excluding carboxylic acids is 2. The molecule has 328 valence electrons. The van der Waals surface area contributed by atoms with Gasteiger partial charge in [-0.3, -0.25) is 29.4 Å². The van der Waals surface area contributed by atoms with E-state index in [2.05, 4.69) is 26.8 Å². The predicted octanol–water partition coefficient (Wildman–Crippen LogP) is 5.02. The fourth-order valence-electron chi connectivity index (χ4n) is 6.16. The smallest absolute Gasteiger partial charge is 0.406 e. The molecule has 0 aliphatic heterocycles. The Labute approximate surface area is 354 Å². The second-order valence-corrected chi connectivity index (χ2v) is 19.5. The first-order chi connectivity index (χ1) is 29.0. The number of nitrogens with one attached hydrogen (secondary N) is 2. The van der Waals surface area contributed by atoms with Crippen LogP contribution in [0.5, 0.6) is 5.75 Å². The number of anilines is 1. The normalized spacial score (nSPS) is 13.8. The van der Waals surface area contributed by atoms with Gasteiger partial charge in [0.25, 0.3) is 11.8 Å². The molecule has 0 saturated carbocycles. The molecular weight excluding hydrogens is 856 g/mol. The number of sulfone groups is 2. The number of aromatic nitrogens is 4. The monoisotopic (exact) mass is 897 g/mol. The number of nitrogens with two attached hydrogens (primary N) is 1. The van der Waals surface area contributed by atoms with E-state index in [0.717, 1.165) is 40.1 Å². The third-order valence-corrected chi connectivity index (χ3v) is 14.4. The lowest BCUT2D eigenvalue weighted by Gasteiger charge is -2.25. The number of nitrogens with zero attached hydrogens (tertiary/aromatic N) is 4. The van der Waals surface area contributed by atoms with E-state index < -0.39 is 47.3 Å². The van der Waals surface area contributed by atoms with Gasteiger partial charge in [-0.1, -0.05) is 30.0 Å². The number of carbonyl (C=O) groups is 2. The van der Waals surface area contributed by atoms with E-state index >= 15 is 0 Å². The number of benzene rings is 4. The van der Waals surface area contributed by atoms with E-state index in [0.29, 0.717) is 22.2 Å². The minimum absolute atomic E-state index is 0.0479. The number of ether oxygens (including phenoxy) is 1. The number of hydrogen-bond acceptors (Lipinski definition) is 12. The summed E-state index contributed by atoms with van der Waals surface area (Å²) < 4.78 is 88.8. The molecule has 0 aliphatic carbocycles. The minimum Gasteiger partial charge on any atom is -0.406 e. The van der Waals surface area contributed by atoms with E-state index in [1.54, 1.807) is 47.4 Å². The largest absolute Gasteiger partial charge is 0.573 e. The molecule has 0 radical (unpaired) electrons. The zero-order chi connectivity index (χ0) is 45.7. The zero-order valence-electron chi connectivity index (χ0n) is 33.6. The first-order valence-electron chi connectivity index (χ1n) is 18.4. The van der Waals surface area contributed by atoms with Gasteiger partial charge in [0.05, 0.1) is 23.4 Å². The van der Waals surface area contributed by atoms with Gasteiger partial charge in [-0.2, -0.15) is 10.2 Å². The molecule has 6 aromatic rings. The summed E-state index contributed by atoms with van der Waals surface area (Å²) in [5.74, 6) is 3.84. The van der Waals surface area contributed by atoms with Gasteiger partial charge in [0, 0.05) is 53.2 Å². The van der Waals surface area contributed by atoms with Gasteiger partial charge < -0.3 is 10.5 Å². The van der Waals surface area contributed by atoms with E-state index in [1.807, 2.05) is 30.3 Å². The summed E-state index contributed by atoms with van der Waals surface area (Å²) in [5.41, 5.74) is 13.7.